The van der Waals surface area contributed by atoms with Crippen LogP contribution in [0.25, 0.3) is 27.8 Å². The minimum absolute atomic E-state index is 0.504. The number of hydrogen-bond acceptors (Lipinski definition) is 4. The normalized spacial score (nSPS) is 13.7. The molecule has 5 aromatic rings. The Balaban J connectivity index is 1.47. The van der Waals surface area contributed by atoms with E-state index in [1.807, 2.05) is 46.7 Å². The predicted molar refractivity (Wildman–Crippen MR) is 130 cm³/mol. The summed E-state index contributed by atoms with van der Waals surface area (Å²) < 4.78 is 1.83. The van der Waals surface area contributed by atoms with Gasteiger partial charge < -0.3 is 4.90 Å². The molecule has 2 heterocycles. The van der Waals surface area contributed by atoms with Crippen molar-refractivity contribution < 1.29 is 0 Å². The third-order valence-corrected chi connectivity index (χ3v) is 6.76. The molecule has 1 fully saturated rings. The fraction of sp³-hybridized carbons (Fsp3) is 0.160. The number of aromatic nitrogens is 4. The van der Waals surface area contributed by atoms with Gasteiger partial charge in [0.2, 0.25) is 0 Å². The highest BCUT2D eigenvalue weighted by Gasteiger charge is 2.23. The lowest BCUT2D eigenvalue weighted by Crippen LogP contribution is -2.13. The molecule has 0 bridgehead atoms. The summed E-state index contributed by atoms with van der Waals surface area (Å²) in [6.07, 6.45) is 4.23. The first-order valence-electron chi connectivity index (χ1n) is 10.5. The topological polar surface area (TPSA) is 46.3 Å². The van der Waals surface area contributed by atoms with Gasteiger partial charge in [-0.2, -0.15) is 4.98 Å². The van der Waals surface area contributed by atoms with Crippen molar-refractivity contribution in [1.29, 1.82) is 0 Å². The maximum atomic E-state index is 6.95. The van der Waals surface area contributed by atoms with Crippen LogP contribution in [0.3, 0.4) is 0 Å². The van der Waals surface area contributed by atoms with Crippen LogP contribution in [-0.2, 0) is 0 Å². The average Bonchev–Trinajstić information content (AvgIpc) is 3.55. The van der Waals surface area contributed by atoms with Gasteiger partial charge in [0.05, 0.1) is 16.2 Å². The zero-order chi connectivity index (χ0) is 21.8. The molecule has 1 aliphatic rings. The van der Waals surface area contributed by atoms with Crippen LogP contribution < -0.4 is 4.90 Å². The van der Waals surface area contributed by atoms with Gasteiger partial charge in [0.1, 0.15) is 12.1 Å². The van der Waals surface area contributed by atoms with Gasteiger partial charge in [-0.15, -0.1) is 10.2 Å². The Morgan fingerprint density at radius 3 is 2.59 bits per heavy atom. The highest BCUT2D eigenvalue weighted by Crippen LogP contribution is 2.42. The van der Waals surface area contributed by atoms with Crippen molar-refractivity contribution in [1.82, 2.24) is 19.6 Å². The SMILES string of the molecule is CN(c1cccc(-c2ccc(C3CC3)cc2)c1Cl)c1nc2nncn2c2cc(Cl)ccc12. The zero-order valence-corrected chi connectivity index (χ0v) is 18.8. The molecule has 1 aliphatic carbocycles. The van der Waals surface area contributed by atoms with E-state index in [0.717, 1.165) is 39.5 Å². The Labute approximate surface area is 195 Å². The molecule has 32 heavy (non-hydrogen) atoms. The minimum Gasteiger partial charge on any atom is -0.327 e. The lowest BCUT2D eigenvalue weighted by Gasteiger charge is -2.23. The van der Waals surface area contributed by atoms with E-state index in [-0.39, 0.29) is 0 Å². The number of hydrogen-bond donors (Lipinski definition) is 0. The van der Waals surface area contributed by atoms with Crippen molar-refractivity contribution in [2.24, 2.45) is 0 Å². The van der Waals surface area contributed by atoms with Gasteiger partial charge in [-0.1, -0.05) is 59.6 Å². The fourth-order valence-electron chi connectivity index (χ4n) is 4.25. The summed E-state index contributed by atoms with van der Waals surface area (Å²) in [5.74, 6) is 1.97. The first-order valence-corrected chi connectivity index (χ1v) is 11.3. The van der Waals surface area contributed by atoms with Crippen molar-refractivity contribution in [2.75, 3.05) is 11.9 Å². The molecular formula is C25H19Cl2N5. The second kappa shape index (κ2) is 7.47. The first kappa shape index (κ1) is 19.5. The Morgan fingerprint density at radius 1 is 1.00 bits per heavy atom. The van der Waals surface area contributed by atoms with Gasteiger partial charge >= 0.3 is 0 Å². The second-order valence-electron chi connectivity index (χ2n) is 8.19. The van der Waals surface area contributed by atoms with E-state index in [1.54, 1.807) is 6.33 Å². The Kier molecular flexibility index (Phi) is 4.56. The average molecular weight is 460 g/mol. The Morgan fingerprint density at radius 2 is 1.81 bits per heavy atom. The fourth-order valence-corrected chi connectivity index (χ4v) is 4.77. The van der Waals surface area contributed by atoms with Gasteiger partial charge in [-0.05, 0) is 54.2 Å². The van der Waals surface area contributed by atoms with Crippen LogP contribution in [0.5, 0.6) is 0 Å². The lowest BCUT2D eigenvalue weighted by molar-refractivity contribution is 1.08. The summed E-state index contributed by atoms with van der Waals surface area (Å²) in [5.41, 5.74) is 5.26. The Hall–Kier alpha value is -3.15. The second-order valence-corrected chi connectivity index (χ2v) is 9.01. The van der Waals surface area contributed by atoms with Gasteiger partial charge in [-0.3, -0.25) is 4.40 Å². The van der Waals surface area contributed by atoms with Crippen molar-refractivity contribution in [2.45, 2.75) is 18.8 Å². The smallest absolute Gasteiger partial charge is 0.257 e. The molecule has 0 spiro atoms. The summed E-state index contributed by atoms with van der Waals surface area (Å²) in [5, 5.41) is 10.4. The number of fused-ring (bicyclic) bond motifs is 3. The maximum absolute atomic E-state index is 6.95. The van der Waals surface area contributed by atoms with E-state index in [9.17, 15) is 0 Å². The lowest BCUT2D eigenvalue weighted by atomic mass is 10.0. The minimum atomic E-state index is 0.504. The van der Waals surface area contributed by atoms with Crippen LogP contribution in [0.15, 0.2) is 67.0 Å². The van der Waals surface area contributed by atoms with Gasteiger partial charge in [0, 0.05) is 23.0 Å². The molecule has 6 rings (SSSR count). The van der Waals surface area contributed by atoms with Crippen molar-refractivity contribution in [3.63, 3.8) is 0 Å². The molecule has 0 N–H and O–H groups in total. The van der Waals surface area contributed by atoms with Crippen LogP contribution in [0, 0.1) is 0 Å². The number of rotatable bonds is 4. The van der Waals surface area contributed by atoms with Crippen molar-refractivity contribution in [3.8, 4) is 11.1 Å². The predicted octanol–water partition coefficient (Wildman–Crippen LogP) is 6.90. The molecule has 0 amide bonds. The third-order valence-electron chi connectivity index (χ3n) is 6.12. The van der Waals surface area contributed by atoms with E-state index >= 15 is 0 Å². The zero-order valence-electron chi connectivity index (χ0n) is 17.3. The van der Waals surface area contributed by atoms with E-state index in [4.69, 9.17) is 28.2 Å². The molecule has 0 unspecified atom stereocenters. The number of halogens is 2. The molecule has 0 saturated heterocycles. The maximum Gasteiger partial charge on any atom is 0.257 e. The van der Waals surface area contributed by atoms with E-state index in [2.05, 4.69) is 40.5 Å². The molecular weight excluding hydrogens is 441 g/mol. The summed E-state index contributed by atoms with van der Waals surface area (Å²) in [4.78, 5) is 6.76. The van der Waals surface area contributed by atoms with Crippen molar-refractivity contribution in [3.05, 3.63) is 82.6 Å². The van der Waals surface area contributed by atoms with Gasteiger partial charge in [-0.25, -0.2) is 0 Å². The molecule has 158 valence electrons. The molecule has 5 nitrogen and oxygen atoms in total. The van der Waals surface area contributed by atoms with Crippen molar-refractivity contribution >= 4 is 51.4 Å². The number of benzene rings is 3. The van der Waals surface area contributed by atoms with Crippen LogP contribution in [0.2, 0.25) is 10.0 Å². The molecule has 7 heteroatoms. The summed E-state index contributed by atoms with van der Waals surface area (Å²) in [7, 11) is 1.96. The quantitative estimate of drug-likeness (QED) is 0.293. The van der Waals surface area contributed by atoms with Crippen LogP contribution in [0.4, 0.5) is 11.5 Å². The van der Waals surface area contributed by atoms with Gasteiger partial charge in [0.25, 0.3) is 5.78 Å². The molecule has 0 radical (unpaired) electrons. The molecule has 0 atom stereocenters. The largest absolute Gasteiger partial charge is 0.327 e. The highest BCUT2D eigenvalue weighted by atomic mass is 35.5. The van der Waals surface area contributed by atoms with Crippen LogP contribution >= 0.6 is 23.2 Å². The van der Waals surface area contributed by atoms with E-state index in [1.165, 1.54) is 18.4 Å². The highest BCUT2D eigenvalue weighted by molar-refractivity contribution is 6.36. The van der Waals surface area contributed by atoms with Crippen LogP contribution in [0.1, 0.15) is 24.3 Å². The first-order chi connectivity index (χ1) is 15.6. The monoisotopic (exact) mass is 459 g/mol. The molecule has 0 aliphatic heterocycles. The number of nitrogens with zero attached hydrogens (tertiary/aromatic N) is 5. The Bertz CT molecular complexity index is 1470. The van der Waals surface area contributed by atoms with Crippen LogP contribution in [-0.4, -0.2) is 26.6 Å². The molecule has 2 aromatic heterocycles. The molecule has 3 aromatic carbocycles. The number of anilines is 2. The standard InChI is InChI=1S/C25H19Cl2N5/c1-31(24-20-12-11-18(26)13-22(20)32-14-28-30-25(32)29-24)21-4-2-3-19(23(21)27)17-9-7-16(8-10-17)15-5-6-15/h2-4,7-15H,5-6H2,1H3. The summed E-state index contributed by atoms with van der Waals surface area (Å²) >= 11 is 13.2. The van der Waals surface area contributed by atoms with E-state index < -0.39 is 0 Å². The third kappa shape index (κ3) is 3.20. The van der Waals surface area contributed by atoms with Gasteiger partial charge in [0.15, 0.2) is 0 Å². The summed E-state index contributed by atoms with van der Waals surface area (Å²) in [6, 6.07) is 20.6. The van der Waals surface area contributed by atoms with E-state index in [0.29, 0.717) is 15.8 Å². The molecule has 1 saturated carbocycles. The summed E-state index contributed by atoms with van der Waals surface area (Å²) in [6.45, 7) is 0.